The largest absolute Gasteiger partial charge is 0.384 e. The standard InChI is InChI=1S/C16H22N2/c1-2-4-16-14(3-1)7-13(9-17-16)11-18-10-12-5-6-15(18)8-12/h1-4,12-13,15,17H,5-11H2. The molecule has 2 heteroatoms. The van der Waals surface area contributed by atoms with Crippen molar-refractivity contribution < 1.29 is 0 Å². The van der Waals surface area contributed by atoms with E-state index in [4.69, 9.17) is 0 Å². The second-order valence-corrected chi connectivity index (χ2v) is 6.40. The van der Waals surface area contributed by atoms with E-state index in [1.807, 2.05) is 0 Å². The van der Waals surface area contributed by atoms with Crippen LogP contribution >= 0.6 is 0 Å². The van der Waals surface area contributed by atoms with Crippen molar-refractivity contribution in [2.75, 3.05) is 25.0 Å². The lowest BCUT2D eigenvalue weighted by Crippen LogP contribution is -2.39. The Balaban J connectivity index is 1.42. The number of para-hydroxylation sites is 1. The van der Waals surface area contributed by atoms with Gasteiger partial charge in [-0.2, -0.15) is 0 Å². The lowest BCUT2D eigenvalue weighted by Gasteiger charge is -2.33. The normalized spacial score (nSPS) is 34.3. The van der Waals surface area contributed by atoms with Crippen LogP contribution in [0.15, 0.2) is 24.3 Å². The van der Waals surface area contributed by atoms with E-state index in [2.05, 4.69) is 34.5 Å². The summed E-state index contributed by atoms with van der Waals surface area (Å²) >= 11 is 0. The number of nitrogens with zero attached hydrogens (tertiary/aromatic N) is 1. The molecule has 18 heavy (non-hydrogen) atoms. The molecule has 1 N–H and O–H groups in total. The molecule has 1 aliphatic carbocycles. The fourth-order valence-corrected chi connectivity index (χ4v) is 4.22. The number of benzene rings is 1. The van der Waals surface area contributed by atoms with Crippen molar-refractivity contribution in [3.8, 4) is 0 Å². The highest BCUT2D eigenvalue weighted by molar-refractivity contribution is 5.53. The predicted molar refractivity (Wildman–Crippen MR) is 74.8 cm³/mol. The summed E-state index contributed by atoms with van der Waals surface area (Å²) in [4.78, 5) is 2.77. The van der Waals surface area contributed by atoms with Crippen LogP contribution in [0.5, 0.6) is 0 Å². The lowest BCUT2D eigenvalue weighted by molar-refractivity contribution is 0.183. The second-order valence-electron chi connectivity index (χ2n) is 6.40. The first-order valence-electron chi connectivity index (χ1n) is 7.44. The highest BCUT2D eigenvalue weighted by atomic mass is 15.2. The molecule has 2 nitrogen and oxygen atoms in total. The first kappa shape index (κ1) is 10.9. The van der Waals surface area contributed by atoms with E-state index in [1.165, 1.54) is 50.0 Å². The molecule has 2 bridgehead atoms. The minimum atomic E-state index is 0.805. The van der Waals surface area contributed by atoms with Crippen molar-refractivity contribution in [3.05, 3.63) is 29.8 Å². The zero-order valence-corrected chi connectivity index (χ0v) is 10.9. The number of piperidine rings is 1. The van der Waals surface area contributed by atoms with E-state index >= 15 is 0 Å². The van der Waals surface area contributed by atoms with Crippen molar-refractivity contribution >= 4 is 5.69 Å². The molecular formula is C16H22N2. The van der Waals surface area contributed by atoms with Gasteiger partial charge in [0.2, 0.25) is 0 Å². The van der Waals surface area contributed by atoms with E-state index < -0.39 is 0 Å². The van der Waals surface area contributed by atoms with Crippen LogP contribution in [0.25, 0.3) is 0 Å². The number of nitrogens with one attached hydrogen (secondary N) is 1. The van der Waals surface area contributed by atoms with Gasteiger partial charge < -0.3 is 5.32 Å². The van der Waals surface area contributed by atoms with Crippen molar-refractivity contribution in [2.24, 2.45) is 11.8 Å². The van der Waals surface area contributed by atoms with E-state index in [0.29, 0.717) is 0 Å². The fraction of sp³-hybridized carbons (Fsp3) is 0.625. The minimum absolute atomic E-state index is 0.805. The Kier molecular flexibility index (Phi) is 2.58. The molecule has 2 aliphatic heterocycles. The fourth-order valence-electron chi connectivity index (χ4n) is 4.22. The number of hydrogen-bond donors (Lipinski definition) is 1. The molecule has 1 saturated heterocycles. The molecule has 96 valence electrons. The van der Waals surface area contributed by atoms with Gasteiger partial charge in [-0.3, -0.25) is 4.90 Å². The summed E-state index contributed by atoms with van der Waals surface area (Å²) in [6.07, 6.45) is 5.70. The maximum absolute atomic E-state index is 3.60. The van der Waals surface area contributed by atoms with Crippen molar-refractivity contribution in [3.63, 3.8) is 0 Å². The Morgan fingerprint density at radius 3 is 3.00 bits per heavy atom. The first-order chi connectivity index (χ1) is 8.88. The lowest BCUT2D eigenvalue weighted by atomic mass is 9.93. The Hall–Kier alpha value is -1.02. The summed E-state index contributed by atoms with van der Waals surface area (Å²) in [6.45, 7) is 3.84. The molecule has 0 aromatic heterocycles. The van der Waals surface area contributed by atoms with Crippen LogP contribution in [0.3, 0.4) is 0 Å². The third kappa shape index (κ3) is 1.83. The van der Waals surface area contributed by atoms with Crippen molar-refractivity contribution in [2.45, 2.75) is 31.7 Å². The van der Waals surface area contributed by atoms with Crippen LogP contribution < -0.4 is 5.32 Å². The molecule has 3 unspecified atom stereocenters. The van der Waals surface area contributed by atoms with Crippen molar-refractivity contribution in [1.82, 2.24) is 4.90 Å². The maximum Gasteiger partial charge on any atom is 0.0372 e. The van der Waals surface area contributed by atoms with Crippen LogP contribution in [0, 0.1) is 11.8 Å². The summed E-state index contributed by atoms with van der Waals surface area (Å²) in [6, 6.07) is 9.72. The van der Waals surface area contributed by atoms with Gasteiger partial charge >= 0.3 is 0 Å². The van der Waals surface area contributed by atoms with E-state index in [1.54, 1.807) is 0 Å². The topological polar surface area (TPSA) is 15.3 Å². The molecule has 0 amide bonds. The molecule has 2 fully saturated rings. The van der Waals surface area contributed by atoms with Gasteiger partial charge in [0.25, 0.3) is 0 Å². The molecule has 1 aromatic carbocycles. The first-order valence-corrected chi connectivity index (χ1v) is 7.44. The molecular weight excluding hydrogens is 220 g/mol. The van der Waals surface area contributed by atoms with Crippen LogP contribution in [0.2, 0.25) is 0 Å². The predicted octanol–water partition coefficient (Wildman–Crippen LogP) is 2.76. The third-order valence-corrected chi connectivity index (χ3v) is 5.12. The van der Waals surface area contributed by atoms with Gasteiger partial charge in [0, 0.05) is 31.4 Å². The molecule has 4 rings (SSSR count). The van der Waals surface area contributed by atoms with Crippen LogP contribution in [0.1, 0.15) is 24.8 Å². The second kappa shape index (κ2) is 4.27. The van der Waals surface area contributed by atoms with Gasteiger partial charge in [0.05, 0.1) is 0 Å². The summed E-state index contributed by atoms with van der Waals surface area (Å²) in [7, 11) is 0. The number of anilines is 1. The SMILES string of the molecule is c1ccc2c(c1)CC(CN1CC3CCC1C3)CN2. The summed E-state index contributed by atoms with van der Waals surface area (Å²) in [5.74, 6) is 1.83. The summed E-state index contributed by atoms with van der Waals surface area (Å²) in [5, 5.41) is 3.60. The van der Waals surface area contributed by atoms with E-state index in [-0.39, 0.29) is 0 Å². The number of hydrogen-bond acceptors (Lipinski definition) is 2. The zero-order chi connectivity index (χ0) is 11.9. The van der Waals surface area contributed by atoms with Gasteiger partial charge in [0.1, 0.15) is 0 Å². The van der Waals surface area contributed by atoms with Gasteiger partial charge in [-0.25, -0.2) is 0 Å². The molecule has 3 atom stereocenters. The van der Waals surface area contributed by atoms with E-state index in [0.717, 1.165) is 24.4 Å². The average Bonchev–Trinajstić information content (AvgIpc) is 3.01. The Labute approximate surface area is 109 Å². The maximum atomic E-state index is 3.60. The van der Waals surface area contributed by atoms with Crippen LogP contribution in [-0.4, -0.2) is 30.6 Å². The zero-order valence-electron chi connectivity index (χ0n) is 10.9. The molecule has 0 spiro atoms. The number of likely N-dealkylation sites (tertiary alicyclic amines) is 1. The number of fused-ring (bicyclic) bond motifs is 3. The smallest absolute Gasteiger partial charge is 0.0372 e. The van der Waals surface area contributed by atoms with Gasteiger partial charge in [-0.05, 0) is 49.1 Å². The van der Waals surface area contributed by atoms with Crippen LogP contribution in [0.4, 0.5) is 5.69 Å². The van der Waals surface area contributed by atoms with Crippen molar-refractivity contribution in [1.29, 1.82) is 0 Å². The molecule has 1 aromatic rings. The Bertz CT molecular complexity index is 442. The monoisotopic (exact) mass is 242 g/mol. The molecule has 2 heterocycles. The molecule has 0 radical (unpaired) electrons. The quantitative estimate of drug-likeness (QED) is 0.858. The Morgan fingerprint density at radius 1 is 1.22 bits per heavy atom. The van der Waals surface area contributed by atoms with Crippen LogP contribution in [-0.2, 0) is 6.42 Å². The number of rotatable bonds is 2. The van der Waals surface area contributed by atoms with Gasteiger partial charge in [-0.15, -0.1) is 0 Å². The summed E-state index contributed by atoms with van der Waals surface area (Å²) in [5.41, 5.74) is 2.87. The van der Waals surface area contributed by atoms with Gasteiger partial charge in [-0.1, -0.05) is 18.2 Å². The highest BCUT2D eigenvalue weighted by Gasteiger charge is 2.38. The summed E-state index contributed by atoms with van der Waals surface area (Å²) < 4.78 is 0. The third-order valence-electron chi connectivity index (χ3n) is 5.12. The molecule has 1 saturated carbocycles. The Morgan fingerprint density at radius 2 is 2.17 bits per heavy atom. The van der Waals surface area contributed by atoms with E-state index in [9.17, 15) is 0 Å². The highest BCUT2D eigenvalue weighted by Crippen LogP contribution is 2.38. The minimum Gasteiger partial charge on any atom is -0.384 e. The average molecular weight is 242 g/mol. The van der Waals surface area contributed by atoms with Gasteiger partial charge in [0.15, 0.2) is 0 Å². The molecule has 3 aliphatic rings.